The van der Waals surface area contributed by atoms with Crippen LogP contribution in [0.2, 0.25) is 0 Å². The van der Waals surface area contributed by atoms with Crippen molar-refractivity contribution in [3.8, 4) is 0 Å². The number of carboxylic acid groups (broad SMARTS) is 1. The summed E-state index contributed by atoms with van der Waals surface area (Å²) in [6.45, 7) is 1.97. The molecule has 0 atom stereocenters. The summed E-state index contributed by atoms with van der Waals surface area (Å²) in [6.07, 6.45) is 4.34. The van der Waals surface area contributed by atoms with Gasteiger partial charge in [0.05, 0.1) is 16.2 Å². The number of benzene rings is 2. The van der Waals surface area contributed by atoms with E-state index in [0.717, 1.165) is 35.1 Å². The third-order valence-electron chi connectivity index (χ3n) is 4.50. The summed E-state index contributed by atoms with van der Waals surface area (Å²) in [5.41, 5.74) is 4.05. The van der Waals surface area contributed by atoms with E-state index in [2.05, 4.69) is 0 Å². The number of aromatic carboxylic acids is 1. The maximum Gasteiger partial charge on any atom is 0.335 e. The van der Waals surface area contributed by atoms with Crippen molar-refractivity contribution in [2.45, 2.75) is 31.1 Å². The summed E-state index contributed by atoms with van der Waals surface area (Å²) in [4.78, 5) is 11.4. The van der Waals surface area contributed by atoms with Crippen LogP contribution >= 0.6 is 0 Å². The predicted molar refractivity (Wildman–Crippen MR) is 98.4 cm³/mol. The molecule has 0 amide bonds. The van der Waals surface area contributed by atoms with E-state index in [9.17, 15) is 13.2 Å². The first-order valence-electron chi connectivity index (χ1n) is 8.24. The molecule has 4 nitrogen and oxygen atoms in total. The second kappa shape index (κ2) is 6.84. The minimum atomic E-state index is -3.17. The number of carbonyl (C=O) groups is 1. The SMILES string of the molecule is C/C(=C\c1ccc(C(=O)O)cc1)c1ccc2c(c1)CCCCS2(=O)=O. The smallest absolute Gasteiger partial charge is 0.335 e. The molecule has 0 aromatic heterocycles. The number of allylic oxidation sites excluding steroid dienone is 1. The highest BCUT2D eigenvalue weighted by Gasteiger charge is 2.21. The monoisotopic (exact) mass is 356 g/mol. The van der Waals surface area contributed by atoms with Crippen molar-refractivity contribution in [1.82, 2.24) is 0 Å². The van der Waals surface area contributed by atoms with Gasteiger partial charge in [0.1, 0.15) is 0 Å². The van der Waals surface area contributed by atoms with Gasteiger partial charge in [-0.1, -0.05) is 30.3 Å². The molecular formula is C20H20O4S. The van der Waals surface area contributed by atoms with Gasteiger partial charge in [-0.15, -0.1) is 0 Å². The molecule has 0 radical (unpaired) electrons. The van der Waals surface area contributed by atoms with E-state index in [1.807, 2.05) is 25.1 Å². The van der Waals surface area contributed by atoms with Crippen molar-refractivity contribution in [2.75, 3.05) is 5.75 Å². The summed E-state index contributed by atoms with van der Waals surface area (Å²) < 4.78 is 24.6. The fourth-order valence-electron chi connectivity index (χ4n) is 3.10. The van der Waals surface area contributed by atoms with Crippen LogP contribution in [0.3, 0.4) is 0 Å². The third kappa shape index (κ3) is 3.82. The fourth-order valence-corrected chi connectivity index (χ4v) is 4.74. The van der Waals surface area contributed by atoms with Crippen LogP contribution in [0.5, 0.6) is 0 Å². The lowest BCUT2D eigenvalue weighted by Crippen LogP contribution is -2.06. The first-order chi connectivity index (χ1) is 11.9. The normalized spacial score (nSPS) is 16.8. The molecule has 0 bridgehead atoms. The molecule has 130 valence electrons. The van der Waals surface area contributed by atoms with E-state index in [1.165, 1.54) is 0 Å². The summed E-state index contributed by atoms with van der Waals surface area (Å²) in [5.74, 6) is -0.719. The van der Waals surface area contributed by atoms with Crippen LogP contribution in [0, 0.1) is 0 Å². The molecule has 5 heteroatoms. The zero-order chi connectivity index (χ0) is 18.0. The molecule has 0 spiro atoms. The van der Waals surface area contributed by atoms with E-state index in [-0.39, 0.29) is 11.3 Å². The second-order valence-corrected chi connectivity index (χ2v) is 8.43. The second-order valence-electron chi connectivity index (χ2n) is 6.35. The van der Waals surface area contributed by atoms with Crippen molar-refractivity contribution in [1.29, 1.82) is 0 Å². The van der Waals surface area contributed by atoms with Crippen LogP contribution in [-0.4, -0.2) is 25.2 Å². The lowest BCUT2D eigenvalue weighted by atomic mass is 9.99. The molecule has 1 aliphatic rings. The molecule has 0 saturated heterocycles. The molecular weight excluding hydrogens is 336 g/mol. The Bertz CT molecular complexity index is 938. The molecule has 1 heterocycles. The average Bonchev–Trinajstić information content (AvgIpc) is 2.73. The van der Waals surface area contributed by atoms with Crippen molar-refractivity contribution in [3.63, 3.8) is 0 Å². The van der Waals surface area contributed by atoms with Gasteiger partial charge in [-0.2, -0.15) is 0 Å². The number of carboxylic acids is 1. The van der Waals surface area contributed by atoms with Crippen molar-refractivity contribution in [3.05, 3.63) is 64.7 Å². The van der Waals surface area contributed by atoms with Gasteiger partial charge in [0, 0.05) is 0 Å². The summed E-state index contributed by atoms with van der Waals surface area (Å²) in [5, 5.41) is 8.95. The molecule has 25 heavy (non-hydrogen) atoms. The topological polar surface area (TPSA) is 71.4 Å². The Morgan fingerprint density at radius 3 is 2.40 bits per heavy atom. The fraction of sp³-hybridized carbons (Fsp3) is 0.250. The standard InChI is InChI=1S/C20H20O4S/c1-14(12-15-5-7-16(8-6-15)20(21)22)17-9-10-19-18(13-17)4-2-3-11-25(19,23)24/h5-10,12-13H,2-4,11H2,1H3,(H,21,22)/b14-12+. The predicted octanol–water partition coefficient (Wildman–Crippen LogP) is 4.06. The molecule has 3 rings (SSSR count). The Balaban J connectivity index is 1.93. The van der Waals surface area contributed by atoms with Crippen LogP contribution in [0.25, 0.3) is 11.6 Å². The van der Waals surface area contributed by atoms with Gasteiger partial charge >= 0.3 is 5.97 Å². The van der Waals surface area contributed by atoms with Crippen molar-refractivity contribution >= 4 is 27.5 Å². The van der Waals surface area contributed by atoms with Gasteiger partial charge in [0.15, 0.2) is 9.84 Å². The van der Waals surface area contributed by atoms with E-state index >= 15 is 0 Å². The zero-order valence-corrected chi connectivity index (χ0v) is 14.8. The Kier molecular flexibility index (Phi) is 4.77. The largest absolute Gasteiger partial charge is 0.478 e. The molecule has 2 aromatic carbocycles. The van der Waals surface area contributed by atoms with E-state index in [4.69, 9.17) is 5.11 Å². The minimum Gasteiger partial charge on any atom is -0.478 e. The Morgan fingerprint density at radius 2 is 1.72 bits per heavy atom. The highest BCUT2D eigenvalue weighted by atomic mass is 32.2. The summed E-state index contributed by atoms with van der Waals surface area (Å²) in [6, 6.07) is 12.2. The van der Waals surface area contributed by atoms with E-state index in [1.54, 1.807) is 30.3 Å². The molecule has 2 aromatic rings. The molecule has 1 aliphatic heterocycles. The number of hydrogen-bond donors (Lipinski definition) is 1. The lowest BCUT2D eigenvalue weighted by molar-refractivity contribution is 0.0697. The average molecular weight is 356 g/mol. The van der Waals surface area contributed by atoms with Gasteiger partial charge in [0.2, 0.25) is 0 Å². The maximum absolute atomic E-state index is 12.3. The number of aryl methyl sites for hydroxylation is 1. The van der Waals surface area contributed by atoms with Crippen LogP contribution in [-0.2, 0) is 16.3 Å². The van der Waals surface area contributed by atoms with Crippen LogP contribution in [0.15, 0.2) is 47.4 Å². The van der Waals surface area contributed by atoms with E-state index in [0.29, 0.717) is 11.3 Å². The van der Waals surface area contributed by atoms with Gasteiger partial charge in [-0.25, -0.2) is 13.2 Å². The number of hydrogen-bond acceptors (Lipinski definition) is 3. The first-order valence-corrected chi connectivity index (χ1v) is 9.90. The lowest BCUT2D eigenvalue weighted by Gasteiger charge is -2.10. The molecule has 0 unspecified atom stereocenters. The Morgan fingerprint density at radius 1 is 1.04 bits per heavy atom. The zero-order valence-electron chi connectivity index (χ0n) is 14.0. The van der Waals surface area contributed by atoms with E-state index < -0.39 is 15.8 Å². The summed E-state index contributed by atoms with van der Waals surface area (Å²) >= 11 is 0. The van der Waals surface area contributed by atoms with Gasteiger partial charge in [-0.05, 0) is 66.6 Å². The van der Waals surface area contributed by atoms with Gasteiger partial charge in [0.25, 0.3) is 0 Å². The van der Waals surface area contributed by atoms with Gasteiger partial charge in [-0.3, -0.25) is 0 Å². The van der Waals surface area contributed by atoms with Gasteiger partial charge < -0.3 is 5.11 Å². The Hall–Kier alpha value is -2.40. The quantitative estimate of drug-likeness (QED) is 0.842. The maximum atomic E-state index is 12.3. The van der Waals surface area contributed by atoms with Crippen LogP contribution < -0.4 is 0 Å². The first kappa shape index (κ1) is 17.4. The van der Waals surface area contributed by atoms with Crippen LogP contribution in [0.1, 0.15) is 46.8 Å². The number of rotatable bonds is 3. The minimum absolute atomic E-state index is 0.226. The third-order valence-corrected chi connectivity index (χ3v) is 6.40. The molecule has 0 aliphatic carbocycles. The number of sulfone groups is 1. The van der Waals surface area contributed by atoms with Crippen LogP contribution in [0.4, 0.5) is 0 Å². The molecule has 0 saturated carbocycles. The number of fused-ring (bicyclic) bond motifs is 1. The van der Waals surface area contributed by atoms with Crippen molar-refractivity contribution in [2.24, 2.45) is 0 Å². The summed E-state index contributed by atoms with van der Waals surface area (Å²) in [7, 11) is -3.17. The highest BCUT2D eigenvalue weighted by molar-refractivity contribution is 7.91. The molecule has 0 fully saturated rings. The van der Waals surface area contributed by atoms with Crippen molar-refractivity contribution < 1.29 is 18.3 Å². The highest BCUT2D eigenvalue weighted by Crippen LogP contribution is 2.28. The Labute approximate surface area is 147 Å². The molecule has 1 N–H and O–H groups in total.